The Morgan fingerprint density at radius 1 is 1.50 bits per heavy atom. The third kappa shape index (κ3) is 1.99. The number of nitrogens with zero attached hydrogens (tertiary/aromatic N) is 3. The molecule has 1 aromatic rings. The van der Waals surface area contributed by atoms with Crippen molar-refractivity contribution in [1.29, 1.82) is 0 Å². The molecule has 66 valence electrons. The first-order valence-electron chi connectivity index (χ1n) is 3.58. The summed E-state index contributed by atoms with van der Waals surface area (Å²) in [5.74, 6) is 0. The number of rotatable bonds is 3. The Balaban J connectivity index is 0. The molecule has 0 saturated carbocycles. The van der Waals surface area contributed by atoms with Gasteiger partial charge in [-0.25, -0.2) is 0 Å². The third-order valence-corrected chi connectivity index (χ3v) is 1.55. The Hall–Kier alpha value is -1.51. The normalized spacial score (nSPS) is 11.8. The van der Waals surface area contributed by atoms with E-state index in [1.807, 2.05) is 30.3 Å². The van der Waals surface area contributed by atoms with Gasteiger partial charge in [-0.05, 0) is 11.1 Å². The highest BCUT2D eigenvalue weighted by atomic mass is 16.3. The van der Waals surface area contributed by atoms with Gasteiger partial charge in [0.1, 0.15) is 0 Å². The molecule has 0 saturated heterocycles. The van der Waals surface area contributed by atoms with E-state index in [4.69, 9.17) is 10.6 Å². The lowest BCUT2D eigenvalue weighted by molar-refractivity contribution is 0.268. The van der Waals surface area contributed by atoms with Crippen molar-refractivity contribution in [2.75, 3.05) is 6.61 Å². The van der Waals surface area contributed by atoms with Crippen LogP contribution in [0.5, 0.6) is 0 Å². The number of azide groups is 1. The molecule has 1 aromatic carbocycles. The van der Waals surface area contributed by atoms with Gasteiger partial charge in [-0.3, -0.25) is 0 Å². The Labute approximate surface area is 73.1 Å². The van der Waals surface area contributed by atoms with Crippen molar-refractivity contribution in [2.24, 2.45) is 5.11 Å². The molecule has 0 aliphatic rings. The molecule has 0 amide bonds. The Morgan fingerprint density at radius 2 is 2.17 bits per heavy atom. The molecule has 0 aliphatic heterocycles. The maximum Gasteiger partial charge on any atom is 0.0856 e. The van der Waals surface area contributed by atoms with Crippen LogP contribution in [-0.2, 0) is 0 Å². The van der Waals surface area contributed by atoms with Crippen LogP contribution in [0.15, 0.2) is 35.4 Å². The molecule has 4 nitrogen and oxygen atoms in total. The molecule has 1 unspecified atom stereocenters. The quantitative estimate of drug-likeness (QED) is 0.419. The van der Waals surface area contributed by atoms with Crippen molar-refractivity contribution in [2.45, 2.75) is 6.04 Å². The van der Waals surface area contributed by atoms with E-state index in [1.165, 1.54) is 0 Å². The highest BCUT2D eigenvalue weighted by Gasteiger charge is 2.05. The van der Waals surface area contributed by atoms with Crippen LogP contribution in [0.25, 0.3) is 10.4 Å². The van der Waals surface area contributed by atoms with Gasteiger partial charge in [0, 0.05) is 7.76 Å². The van der Waals surface area contributed by atoms with Crippen LogP contribution in [0, 0.1) is 0 Å². The number of hydrogen-bond donors (Lipinski definition) is 1. The summed E-state index contributed by atoms with van der Waals surface area (Å²) in [5, 5.41) is 12.3. The molecular formula is C8H13N3O. The lowest BCUT2D eigenvalue weighted by atomic mass is 10.1. The fourth-order valence-electron chi connectivity index (χ4n) is 0.946. The molecule has 4 heteroatoms. The third-order valence-electron chi connectivity index (χ3n) is 1.55. The van der Waals surface area contributed by atoms with E-state index >= 15 is 0 Å². The first-order chi connectivity index (χ1) is 5.88. The van der Waals surface area contributed by atoms with Gasteiger partial charge in [0.15, 0.2) is 0 Å². The highest BCUT2D eigenvalue weighted by Crippen LogP contribution is 2.15. The topological polar surface area (TPSA) is 69.0 Å². The van der Waals surface area contributed by atoms with Crippen LogP contribution >= 0.6 is 0 Å². The molecule has 1 atom stereocenters. The van der Waals surface area contributed by atoms with Crippen molar-refractivity contribution in [3.63, 3.8) is 0 Å². The number of aliphatic hydroxyl groups is 1. The van der Waals surface area contributed by atoms with Gasteiger partial charge < -0.3 is 5.11 Å². The van der Waals surface area contributed by atoms with E-state index in [-0.39, 0.29) is 9.46 Å². The van der Waals surface area contributed by atoms with E-state index in [2.05, 4.69) is 10.0 Å². The molecule has 12 heavy (non-hydrogen) atoms. The van der Waals surface area contributed by atoms with Crippen molar-refractivity contribution >= 4 is 0 Å². The fraction of sp³-hybridized carbons (Fsp3) is 0.250. The smallest absolute Gasteiger partial charge is 0.0856 e. The largest absolute Gasteiger partial charge is 0.396 e. The summed E-state index contributed by atoms with van der Waals surface area (Å²) in [7, 11) is 0. The van der Waals surface area contributed by atoms with E-state index in [0.29, 0.717) is 0 Å². The molecule has 0 aromatic heterocycles. The Morgan fingerprint density at radius 3 is 2.67 bits per heavy atom. The van der Waals surface area contributed by atoms with Crippen molar-refractivity contribution < 1.29 is 7.96 Å². The van der Waals surface area contributed by atoms with Crippen molar-refractivity contribution in [3.05, 3.63) is 46.3 Å². The number of hydrogen-bond acceptors (Lipinski definition) is 2. The van der Waals surface area contributed by atoms with Crippen LogP contribution < -0.4 is 0 Å². The van der Waals surface area contributed by atoms with Crippen LogP contribution in [-0.4, -0.2) is 11.7 Å². The monoisotopic (exact) mass is 167 g/mol. The number of aliphatic hydroxyl groups excluding tert-OH is 1. The second kappa shape index (κ2) is 4.38. The SMILES string of the molecule is [HH].[HH].[N-]=[N+]=NC(CO)c1ccccc1. The molecule has 0 radical (unpaired) electrons. The van der Waals surface area contributed by atoms with Gasteiger partial charge in [0.05, 0.1) is 12.6 Å². The maximum absolute atomic E-state index is 8.85. The first kappa shape index (κ1) is 8.59. The van der Waals surface area contributed by atoms with E-state index in [1.54, 1.807) is 0 Å². The van der Waals surface area contributed by atoms with Crippen LogP contribution in [0.2, 0.25) is 0 Å². The molecule has 0 spiro atoms. The zero-order chi connectivity index (χ0) is 8.81. The summed E-state index contributed by atoms with van der Waals surface area (Å²) in [6.45, 7) is -0.159. The predicted molar refractivity (Wildman–Crippen MR) is 49.6 cm³/mol. The standard InChI is InChI=1S/C8H9N3O.2H2/c9-11-10-8(6-12)7-4-2-1-3-5-7;;/h1-5,8,12H,6H2;2*1H. The highest BCUT2D eigenvalue weighted by molar-refractivity contribution is 5.18. The minimum Gasteiger partial charge on any atom is -0.396 e. The van der Waals surface area contributed by atoms with Gasteiger partial charge in [-0.15, -0.1) is 0 Å². The van der Waals surface area contributed by atoms with Crippen LogP contribution in [0.4, 0.5) is 0 Å². The molecule has 0 fully saturated rings. The van der Waals surface area contributed by atoms with E-state index < -0.39 is 6.04 Å². The molecule has 1 N–H and O–H groups in total. The summed E-state index contributed by atoms with van der Waals surface area (Å²) < 4.78 is 0. The lowest BCUT2D eigenvalue weighted by Gasteiger charge is -2.05. The summed E-state index contributed by atoms with van der Waals surface area (Å²) >= 11 is 0. The molecular weight excluding hydrogens is 154 g/mol. The summed E-state index contributed by atoms with van der Waals surface area (Å²) in [6, 6.07) is 8.71. The summed E-state index contributed by atoms with van der Waals surface area (Å²) in [6.07, 6.45) is 0. The summed E-state index contributed by atoms with van der Waals surface area (Å²) in [4.78, 5) is 2.65. The lowest BCUT2D eigenvalue weighted by Crippen LogP contribution is -1.98. The van der Waals surface area contributed by atoms with Gasteiger partial charge in [0.25, 0.3) is 0 Å². The van der Waals surface area contributed by atoms with Crippen molar-refractivity contribution in [1.82, 2.24) is 0 Å². The molecule has 0 bridgehead atoms. The van der Waals surface area contributed by atoms with E-state index in [9.17, 15) is 0 Å². The van der Waals surface area contributed by atoms with Gasteiger partial charge in [-0.1, -0.05) is 35.4 Å². The fourth-order valence-corrected chi connectivity index (χ4v) is 0.946. The second-order valence-corrected chi connectivity index (χ2v) is 2.31. The minimum absolute atomic E-state index is 0. The minimum atomic E-state index is -0.462. The van der Waals surface area contributed by atoms with Crippen LogP contribution in [0.1, 0.15) is 14.5 Å². The Kier molecular flexibility index (Phi) is 3.14. The predicted octanol–water partition coefficient (Wildman–Crippen LogP) is 2.52. The average molecular weight is 167 g/mol. The van der Waals surface area contributed by atoms with Crippen molar-refractivity contribution in [3.8, 4) is 0 Å². The average Bonchev–Trinajstić information content (AvgIpc) is 2.15. The number of benzene rings is 1. The zero-order valence-electron chi connectivity index (χ0n) is 6.46. The zero-order valence-corrected chi connectivity index (χ0v) is 6.46. The van der Waals surface area contributed by atoms with Gasteiger partial charge in [-0.2, -0.15) is 0 Å². The molecule has 0 heterocycles. The molecule has 1 rings (SSSR count). The maximum atomic E-state index is 8.85. The van der Waals surface area contributed by atoms with E-state index in [0.717, 1.165) is 5.56 Å². The summed E-state index contributed by atoms with van der Waals surface area (Å²) in [5.41, 5.74) is 9.01. The molecule has 0 aliphatic carbocycles. The van der Waals surface area contributed by atoms with Gasteiger partial charge in [0.2, 0.25) is 0 Å². The van der Waals surface area contributed by atoms with Gasteiger partial charge >= 0.3 is 0 Å². The first-order valence-corrected chi connectivity index (χ1v) is 3.58. The Bertz CT molecular complexity index is 288. The second-order valence-electron chi connectivity index (χ2n) is 2.31. The van der Waals surface area contributed by atoms with Crippen LogP contribution in [0.3, 0.4) is 0 Å².